The van der Waals surface area contributed by atoms with E-state index >= 15 is 0 Å². The second-order valence-electron chi connectivity index (χ2n) is 15.4. The summed E-state index contributed by atoms with van der Waals surface area (Å²) < 4.78 is 53.6. The molecule has 2 aliphatic carbocycles. The van der Waals surface area contributed by atoms with Crippen molar-refractivity contribution in [3.05, 3.63) is 42.0 Å². The van der Waals surface area contributed by atoms with Crippen LogP contribution in [0.25, 0.3) is 33.9 Å². The molecule has 0 unspecified atom stereocenters. The first kappa shape index (κ1) is 35.6. The minimum Gasteiger partial charge on any atom is -0.480 e. The van der Waals surface area contributed by atoms with Crippen molar-refractivity contribution in [2.24, 2.45) is 5.41 Å². The van der Waals surface area contributed by atoms with Gasteiger partial charge in [-0.3, -0.25) is 0 Å². The molecule has 4 fully saturated rings. The van der Waals surface area contributed by atoms with Crippen LogP contribution in [0.1, 0.15) is 87.9 Å². The van der Waals surface area contributed by atoms with Gasteiger partial charge < -0.3 is 29.4 Å². The lowest BCUT2D eigenvalue weighted by atomic mass is 9.74. The Morgan fingerprint density at radius 3 is 2.40 bits per heavy atom. The number of pyridine rings is 2. The third-order valence-corrected chi connectivity index (χ3v) is 11.5. The number of carboxylic acid groups (broad SMARTS) is 1. The van der Waals surface area contributed by atoms with Gasteiger partial charge in [0, 0.05) is 55.4 Å². The summed E-state index contributed by atoms with van der Waals surface area (Å²) in [7, 11) is 3.74. The lowest BCUT2D eigenvalue weighted by Gasteiger charge is -2.40. The number of anilines is 2. The number of alkyl halides is 3. The number of rotatable bonds is 12. The maximum Gasteiger partial charge on any atom is 0.433 e. The third-order valence-electron chi connectivity index (χ3n) is 11.5. The van der Waals surface area contributed by atoms with E-state index < -0.39 is 17.8 Å². The van der Waals surface area contributed by atoms with E-state index in [0.29, 0.717) is 52.8 Å². The van der Waals surface area contributed by atoms with Crippen LogP contribution in [0.2, 0.25) is 0 Å². The molecule has 0 aromatic carbocycles. The van der Waals surface area contributed by atoms with Gasteiger partial charge in [-0.25, -0.2) is 29.7 Å². The topological polar surface area (TPSA) is 142 Å². The Bertz CT molecular complexity index is 1940. The smallest absolute Gasteiger partial charge is 0.433 e. The summed E-state index contributed by atoms with van der Waals surface area (Å²) in [6.07, 6.45) is 9.28. The zero-order valence-corrected chi connectivity index (χ0v) is 30.0. The van der Waals surface area contributed by atoms with Crippen molar-refractivity contribution >= 4 is 28.6 Å². The molecule has 2 saturated carbocycles. The molecule has 282 valence electrons. The van der Waals surface area contributed by atoms with E-state index in [-0.39, 0.29) is 36.1 Å². The summed E-state index contributed by atoms with van der Waals surface area (Å²) >= 11 is 0. The summed E-state index contributed by atoms with van der Waals surface area (Å²) in [5.41, 5.74) is 2.53. The zero-order chi connectivity index (χ0) is 36.9. The molecule has 2 N–H and O–H groups in total. The largest absolute Gasteiger partial charge is 0.480 e. The highest BCUT2D eigenvalue weighted by Gasteiger charge is 2.42. The molecule has 12 nitrogen and oxygen atoms in total. The van der Waals surface area contributed by atoms with Crippen molar-refractivity contribution in [3.63, 3.8) is 0 Å². The summed E-state index contributed by atoms with van der Waals surface area (Å²) in [6, 6.07) is 5.07. The van der Waals surface area contributed by atoms with Crippen molar-refractivity contribution in [2.75, 3.05) is 43.7 Å². The van der Waals surface area contributed by atoms with Gasteiger partial charge in [0.15, 0.2) is 11.5 Å². The minimum absolute atomic E-state index is 0.0208. The number of halogens is 3. The van der Waals surface area contributed by atoms with Crippen LogP contribution in [0.3, 0.4) is 0 Å². The fourth-order valence-electron chi connectivity index (χ4n) is 8.92. The van der Waals surface area contributed by atoms with E-state index in [1.165, 1.54) is 6.42 Å². The number of imidazole rings is 1. The predicted molar refractivity (Wildman–Crippen MR) is 192 cm³/mol. The van der Waals surface area contributed by atoms with E-state index in [1.807, 2.05) is 13.1 Å². The van der Waals surface area contributed by atoms with Crippen LogP contribution in [0.5, 0.6) is 0 Å². The number of hydrogen-bond donors (Lipinski definition) is 2. The van der Waals surface area contributed by atoms with Crippen molar-refractivity contribution < 1.29 is 32.5 Å². The Labute approximate surface area is 305 Å². The number of carbonyl (C=O) groups is 1. The highest BCUT2D eigenvalue weighted by atomic mass is 19.4. The molecule has 0 spiro atoms. The molecule has 8 rings (SSSR count). The molecule has 0 amide bonds. The number of aromatic nitrogens is 6. The molecule has 15 heteroatoms. The van der Waals surface area contributed by atoms with Gasteiger partial charge in [-0.2, -0.15) is 13.2 Å². The standard InChI is InChI=1S/C38H45F3N8O4/c1-48(20-37(21-52-2)10-4-3-5-11-37)30-16-28(23-12-27(22-6-7-22)44-31(13-23)38(39,40)41)45-36-34(30)46-35(47-36)29-17-43-32(18-42-29)49-24-8-9-25(49)15-26(14-24)53-19-33(50)51/h12-13,16-18,22,24-26H,3-11,14-15,19-21H2,1-2H3,(H,50,51)(H,45,46,47)/t24-,25+,26-. The van der Waals surface area contributed by atoms with Crippen molar-refractivity contribution in [1.29, 1.82) is 0 Å². The second kappa shape index (κ2) is 14.1. The maximum atomic E-state index is 14.1. The minimum atomic E-state index is -4.59. The normalized spacial score (nSPS) is 22.7. The van der Waals surface area contributed by atoms with Gasteiger partial charge >= 0.3 is 12.1 Å². The van der Waals surface area contributed by atoms with Crippen LogP contribution in [0, 0.1) is 5.41 Å². The number of aromatic amines is 1. The Hall–Kier alpha value is -4.37. The fraction of sp³-hybridized carbons (Fsp3) is 0.579. The molecule has 6 heterocycles. The first-order chi connectivity index (χ1) is 25.5. The number of methoxy groups -OCH3 is 1. The van der Waals surface area contributed by atoms with Gasteiger partial charge in [-0.1, -0.05) is 19.3 Å². The fourth-order valence-corrected chi connectivity index (χ4v) is 8.92. The average molecular weight is 735 g/mol. The van der Waals surface area contributed by atoms with Crippen molar-refractivity contribution in [1.82, 2.24) is 29.9 Å². The number of nitrogens with zero attached hydrogens (tertiary/aromatic N) is 7. The Kier molecular flexibility index (Phi) is 9.50. The molecule has 4 aromatic heterocycles. The van der Waals surface area contributed by atoms with Crippen LogP contribution in [0.4, 0.5) is 24.7 Å². The number of fused-ring (bicyclic) bond motifs is 3. The Morgan fingerprint density at radius 1 is 1.00 bits per heavy atom. The number of piperidine rings is 1. The number of hydrogen-bond acceptors (Lipinski definition) is 10. The molecule has 2 bridgehead atoms. The second-order valence-corrected chi connectivity index (χ2v) is 15.4. The quantitative estimate of drug-likeness (QED) is 0.155. The maximum absolute atomic E-state index is 14.1. The molecule has 3 atom stereocenters. The lowest BCUT2D eigenvalue weighted by Crippen LogP contribution is -2.46. The van der Waals surface area contributed by atoms with Crippen molar-refractivity contribution in [2.45, 2.75) is 101 Å². The molecular formula is C38H45F3N8O4. The molecular weight excluding hydrogens is 689 g/mol. The Morgan fingerprint density at radius 2 is 1.75 bits per heavy atom. The number of carboxylic acids is 1. The van der Waals surface area contributed by atoms with Gasteiger partial charge in [0.25, 0.3) is 0 Å². The van der Waals surface area contributed by atoms with E-state index in [1.54, 1.807) is 25.6 Å². The molecule has 0 radical (unpaired) electrons. The van der Waals surface area contributed by atoms with Crippen LogP contribution in [-0.2, 0) is 20.4 Å². The van der Waals surface area contributed by atoms with Crippen LogP contribution in [0.15, 0.2) is 30.6 Å². The number of H-pyrrole nitrogens is 1. The predicted octanol–water partition coefficient (Wildman–Crippen LogP) is 7.01. The first-order valence-corrected chi connectivity index (χ1v) is 18.6. The van der Waals surface area contributed by atoms with Crippen molar-refractivity contribution in [3.8, 4) is 22.8 Å². The van der Waals surface area contributed by atoms with E-state index in [9.17, 15) is 18.0 Å². The zero-order valence-electron chi connectivity index (χ0n) is 30.0. The number of aliphatic carboxylic acids is 1. The number of nitrogens with one attached hydrogen (secondary N) is 1. The first-order valence-electron chi connectivity index (χ1n) is 18.6. The third kappa shape index (κ3) is 7.42. The lowest BCUT2D eigenvalue weighted by molar-refractivity contribution is -0.145. The van der Waals surface area contributed by atoms with E-state index in [0.717, 1.165) is 81.8 Å². The van der Waals surface area contributed by atoms with E-state index in [4.69, 9.17) is 34.5 Å². The van der Waals surface area contributed by atoms with Gasteiger partial charge in [0.05, 0.1) is 36.5 Å². The molecule has 4 aliphatic rings. The van der Waals surface area contributed by atoms with Gasteiger partial charge in [0.2, 0.25) is 0 Å². The molecule has 53 heavy (non-hydrogen) atoms. The van der Waals surface area contributed by atoms with Crippen LogP contribution < -0.4 is 9.80 Å². The summed E-state index contributed by atoms with van der Waals surface area (Å²) in [5.74, 6) is 0.255. The average Bonchev–Trinajstić information content (AvgIpc) is 3.85. The summed E-state index contributed by atoms with van der Waals surface area (Å²) in [5, 5.41) is 9.05. The monoisotopic (exact) mass is 734 g/mol. The highest BCUT2D eigenvalue weighted by molar-refractivity contribution is 5.91. The van der Waals surface area contributed by atoms with Gasteiger partial charge in [-0.05, 0) is 69.6 Å². The van der Waals surface area contributed by atoms with Crippen LogP contribution in [-0.4, -0.2) is 93.1 Å². The number of ether oxygens (including phenoxy) is 2. The van der Waals surface area contributed by atoms with E-state index in [2.05, 4.69) is 19.8 Å². The summed E-state index contributed by atoms with van der Waals surface area (Å²) in [4.78, 5) is 42.1. The van der Waals surface area contributed by atoms with Gasteiger partial charge in [-0.15, -0.1) is 0 Å². The summed E-state index contributed by atoms with van der Waals surface area (Å²) in [6.45, 7) is 1.02. The Balaban J connectivity index is 1.14. The van der Waals surface area contributed by atoms with Crippen LogP contribution >= 0.6 is 0 Å². The SMILES string of the molecule is COCC1(CN(C)c2cc(-c3cc(C4CC4)nc(C(F)(F)F)c3)nc3nc(-c4cnc(N5[C@@H]6CC[C@H]5C[C@H](OCC(=O)O)C6)cn4)[nH]c23)CCCCC1. The highest BCUT2D eigenvalue weighted by Crippen LogP contribution is 2.44. The molecule has 2 saturated heterocycles. The van der Waals surface area contributed by atoms with Gasteiger partial charge in [0.1, 0.15) is 29.3 Å². The molecule has 2 aliphatic heterocycles. The molecule has 4 aromatic rings.